The Morgan fingerprint density at radius 3 is 2.61 bits per heavy atom. The quantitative estimate of drug-likeness (QED) is 0.266. The van der Waals surface area contributed by atoms with Crippen LogP contribution in [0.3, 0.4) is 0 Å². The SMILES string of the molecule is CCCCO[C@H](C)[C@@H](CC1CC[C@H](O)[C@](OC)(C(C)(C)/C=C/COP)O1)OP. The highest BCUT2D eigenvalue weighted by atomic mass is 31.0. The first kappa shape index (κ1) is 26.4. The lowest BCUT2D eigenvalue weighted by Crippen LogP contribution is -2.61. The van der Waals surface area contributed by atoms with E-state index >= 15 is 0 Å². The van der Waals surface area contributed by atoms with Gasteiger partial charge in [0.25, 0.3) is 0 Å². The van der Waals surface area contributed by atoms with Crippen LogP contribution in [0.1, 0.15) is 59.8 Å². The summed E-state index contributed by atoms with van der Waals surface area (Å²) in [6, 6.07) is 0. The maximum atomic E-state index is 10.8. The summed E-state index contributed by atoms with van der Waals surface area (Å²) in [4.78, 5) is 0. The van der Waals surface area contributed by atoms with Gasteiger partial charge in [-0.1, -0.05) is 39.3 Å². The average molecular weight is 438 g/mol. The summed E-state index contributed by atoms with van der Waals surface area (Å²) in [5.74, 6) is -1.13. The molecule has 0 saturated carbocycles. The van der Waals surface area contributed by atoms with Crippen molar-refractivity contribution in [2.45, 2.75) is 90.0 Å². The van der Waals surface area contributed by atoms with Gasteiger partial charge in [0, 0.05) is 44.5 Å². The largest absolute Gasteiger partial charge is 0.387 e. The van der Waals surface area contributed by atoms with Crippen LogP contribution in [-0.4, -0.2) is 55.6 Å². The van der Waals surface area contributed by atoms with Crippen molar-refractivity contribution in [2.75, 3.05) is 20.3 Å². The van der Waals surface area contributed by atoms with Crippen LogP contribution in [0.25, 0.3) is 0 Å². The molecule has 1 aliphatic rings. The van der Waals surface area contributed by atoms with E-state index in [-0.39, 0.29) is 18.3 Å². The van der Waals surface area contributed by atoms with Gasteiger partial charge >= 0.3 is 0 Å². The van der Waals surface area contributed by atoms with Crippen molar-refractivity contribution >= 4 is 18.9 Å². The van der Waals surface area contributed by atoms with Gasteiger partial charge in [0.15, 0.2) is 0 Å². The predicted octanol–water partition coefficient (Wildman–Crippen LogP) is 4.03. The first-order chi connectivity index (χ1) is 13.3. The van der Waals surface area contributed by atoms with E-state index in [0.717, 1.165) is 25.9 Å². The molecule has 6 nitrogen and oxygen atoms in total. The monoisotopic (exact) mass is 438 g/mol. The number of hydrogen-bond donors (Lipinski definition) is 1. The zero-order valence-corrected chi connectivity index (χ0v) is 20.4. The molecule has 0 bridgehead atoms. The van der Waals surface area contributed by atoms with Crippen LogP contribution >= 0.6 is 18.9 Å². The second-order valence-electron chi connectivity index (χ2n) is 8.00. The zero-order chi connectivity index (χ0) is 21.2. The van der Waals surface area contributed by atoms with Crippen LogP contribution in [0.2, 0.25) is 0 Å². The van der Waals surface area contributed by atoms with Gasteiger partial charge in [0.2, 0.25) is 5.79 Å². The third-order valence-electron chi connectivity index (χ3n) is 5.54. The molecule has 1 aliphatic heterocycles. The Bertz CT molecular complexity index is 462. The fraction of sp³-hybridized carbons (Fsp3) is 0.900. The first-order valence-corrected chi connectivity index (χ1v) is 11.1. The lowest BCUT2D eigenvalue weighted by Gasteiger charge is -2.51. The topological polar surface area (TPSA) is 66.4 Å². The highest BCUT2D eigenvalue weighted by Gasteiger charge is 2.54. The molecule has 3 unspecified atom stereocenters. The predicted molar refractivity (Wildman–Crippen MR) is 118 cm³/mol. The number of hydrogen-bond acceptors (Lipinski definition) is 6. The summed E-state index contributed by atoms with van der Waals surface area (Å²) in [6.45, 7) is 9.36. The van der Waals surface area contributed by atoms with E-state index in [1.165, 1.54) is 0 Å². The normalized spacial score (nSPS) is 28.6. The van der Waals surface area contributed by atoms with E-state index in [0.29, 0.717) is 19.4 Å². The summed E-state index contributed by atoms with van der Waals surface area (Å²) in [5.41, 5.74) is -0.552. The van der Waals surface area contributed by atoms with Gasteiger partial charge < -0.3 is 28.4 Å². The number of ether oxygens (including phenoxy) is 3. The second-order valence-corrected chi connectivity index (χ2v) is 8.61. The molecule has 0 radical (unpaired) electrons. The fourth-order valence-electron chi connectivity index (χ4n) is 3.77. The van der Waals surface area contributed by atoms with Crippen molar-refractivity contribution in [1.29, 1.82) is 0 Å². The van der Waals surface area contributed by atoms with Crippen LogP contribution in [0.4, 0.5) is 0 Å². The van der Waals surface area contributed by atoms with E-state index in [4.69, 9.17) is 23.3 Å². The van der Waals surface area contributed by atoms with Gasteiger partial charge in [-0.3, -0.25) is 0 Å². The van der Waals surface area contributed by atoms with Crippen molar-refractivity contribution in [1.82, 2.24) is 0 Å². The molecule has 1 fully saturated rings. The summed E-state index contributed by atoms with van der Waals surface area (Å²) < 4.78 is 28.8. The van der Waals surface area contributed by atoms with Gasteiger partial charge in [0.05, 0.1) is 24.9 Å². The Morgan fingerprint density at radius 2 is 2.04 bits per heavy atom. The lowest BCUT2D eigenvalue weighted by molar-refractivity contribution is -0.349. The minimum atomic E-state index is -1.13. The molecule has 0 spiro atoms. The number of unbranched alkanes of at least 4 members (excludes halogenated alkanes) is 1. The van der Waals surface area contributed by atoms with Crippen molar-refractivity contribution in [3.05, 3.63) is 12.2 Å². The van der Waals surface area contributed by atoms with Crippen LogP contribution in [-0.2, 0) is 23.3 Å². The van der Waals surface area contributed by atoms with Crippen molar-refractivity contribution in [3.63, 3.8) is 0 Å². The molecular formula is C20H40O6P2. The van der Waals surface area contributed by atoms with Crippen molar-refractivity contribution in [3.8, 4) is 0 Å². The Morgan fingerprint density at radius 1 is 1.32 bits per heavy atom. The fourth-order valence-corrected chi connectivity index (χ4v) is 4.21. The van der Waals surface area contributed by atoms with Crippen LogP contribution in [0.15, 0.2) is 12.2 Å². The molecule has 1 heterocycles. The van der Waals surface area contributed by atoms with Crippen LogP contribution < -0.4 is 0 Å². The number of aliphatic hydroxyl groups excluding tert-OH is 1. The summed E-state index contributed by atoms with van der Waals surface area (Å²) in [6.07, 6.45) is 7.07. The van der Waals surface area contributed by atoms with Crippen LogP contribution in [0.5, 0.6) is 0 Å². The van der Waals surface area contributed by atoms with E-state index in [1.54, 1.807) is 7.11 Å². The third-order valence-corrected chi connectivity index (χ3v) is 6.09. The summed E-state index contributed by atoms with van der Waals surface area (Å²) >= 11 is 0. The molecule has 0 amide bonds. The third kappa shape index (κ3) is 6.96. The molecule has 8 heteroatoms. The molecule has 0 aromatic heterocycles. The highest BCUT2D eigenvalue weighted by Crippen LogP contribution is 2.45. The summed E-state index contributed by atoms with van der Waals surface area (Å²) in [7, 11) is 6.17. The van der Waals surface area contributed by atoms with E-state index in [2.05, 4.69) is 25.9 Å². The molecule has 1 N–H and O–H groups in total. The van der Waals surface area contributed by atoms with Crippen LogP contribution in [0, 0.1) is 5.41 Å². The average Bonchev–Trinajstić information content (AvgIpc) is 2.67. The molecule has 0 aromatic rings. The first-order valence-electron chi connectivity index (χ1n) is 10.2. The molecule has 0 aliphatic carbocycles. The molecular weight excluding hydrogens is 398 g/mol. The molecule has 0 aromatic carbocycles. The lowest BCUT2D eigenvalue weighted by atomic mass is 9.76. The Labute approximate surface area is 175 Å². The molecule has 28 heavy (non-hydrogen) atoms. The van der Waals surface area contributed by atoms with Gasteiger partial charge in [-0.05, 0) is 26.2 Å². The smallest absolute Gasteiger partial charge is 0.203 e. The molecule has 1 rings (SSSR count). The van der Waals surface area contributed by atoms with Gasteiger partial charge in [-0.2, -0.15) is 0 Å². The molecule has 1 saturated heterocycles. The number of rotatable bonds is 13. The van der Waals surface area contributed by atoms with Crippen molar-refractivity contribution < 1.29 is 28.4 Å². The molecule has 7 atom stereocenters. The van der Waals surface area contributed by atoms with Gasteiger partial charge in [-0.15, -0.1) is 0 Å². The zero-order valence-electron chi connectivity index (χ0n) is 18.1. The van der Waals surface area contributed by atoms with E-state index in [9.17, 15) is 5.11 Å². The maximum Gasteiger partial charge on any atom is 0.203 e. The number of methoxy groups -OCH3 is 1. The highest BCUT2D eigenvalue weighted by molar-refractivity contribution is 7.10. The standard InChI is InChI=1S/C20H40O6P2/c1-6-7-12-23-15(2)17(26-28)14-16-9-10-18(21)20(22-5,25-16)19(3,4)11-8-13-24-27/h8,11,15-18,21H,6-7,9-10,12-14,27-28H2,1-5H3/b11-8+/t15-,16?,17-,18+,20-/m1/s1. The van der Waals surface area contributed by atoms with E-state index < -0.39 is 17.3 Å². The minimum absolute atomic E-state index is 0.0384. The number of aliphatic hydroxyl groups is 1. The van der Waals surface area contributed by atoms with Crippen molar-refractivity contribution in [2.24, 2.45) is 5.41 Å². The van der Waals surface area contributed by atoms with Gasteiger partial charge in [-0.25, -0.2) is 0 Å². The molecule has 166 valence electrons. The minimum Gasteiger partial charge on any atom is -0.387 e. The Kier molecular flexibility index (Phi) is 12.2. The summed E-state index contributed by atoms with van der Waals surface area (Å²) in [5, 5.41) is 10.8. The van der Waals surface area contributed by atoms with E-state index in [1.807, 2.05) is 32.9 Å². The Hall–Kier alpha value is 0.360. The Balaban J connectivity index is 2.87. The van der Waals surface area contributed by atoms with Gasteiger partial charge in [0.1, 0.15) is 6.10 Å². The maximum absolute atomic E-state index is 10.8. The second kappa shape index (κ2) is 12.9.